The van der Waals surface area contributed by atoms with Crippen molar-refractivity contribution in [3.8, 4) is 39.7 Å². The van der Waals surface area contributed by atoms with E-state index >= 15 is 0 Å². The van der Waals surface area contributed by atoms with E-state index in [9.17, 15) is 0 Å². The monoisotopic (exact) mass is 456 g/mol. The summed E-state index contributed by atoms with van der Waals surface area (Å²) in [5, 5.41) is 0. The van der Waals surface area contributed by atoms with E-state index < -0.39 is 8.07 Å². The first-order valence-corrected chi connectivity index (χ1v) is 15.1. The summed E-state index contributed by atoms with van der Waals surface area (Å²) in [5.41, 5.74) is 5.27. The summed E-state index contributed by atoms with van der Waals surface area (Å²) >= 11 is 0. The van der Waals surface area contributed by atoms with Gasteiger partial charge in [0.2, 0.25) is 0 Å². The number of imidazole rings is 1. The third kappa shape index (κ3) is 5.62. The molecule has 0 saturated carbocycles. The van der Waals surface area contributed by atoms with Crippen molar-refractivity contribution >= 4 is 8.07 Å². The highest BCUT2D eigenvalue weighted by Gasteiger charge is 2.21. The Bertz CT molecular complexity index is 1160. The van der Waals surface area contributed by atoms with Crippen molar-refractivity contribution in [1.29, 1.82) is 0 Å². The molecule has 0 N–H and O–H groups in total. The van der Waals surface area contributed by atoms with Crippen molar-refractivity contribution in [1.82, 2.24) is 9.55 Å². The number of rotatable bonds is 9. The maximum absolute atomic E-state index is 6.25. The first-order valence-electron chi connectivity index (χ1n) is 11.4. The molecule has 33 heavy (non-hydrogen) atoms. The van der Waals surface area contributed by atoms with E-state index in [4.69, 9.17) is 14.5 Å². The van der Waals surface area contributed by atoms with Crippen molar-refractivity contribution in [2.45, 2.75) is 32.4 Å². The van der Waals surface area contributed by atoms with Crippen LogP contribution in [-0.4, -0.2) is 31.3 Å². The van der Waals surface area contributed by atoms with Gasteiger partial charge < -0.3 is 9.47 Å². The van der Waals surface area contributed by atoms with Crippen LogP contribution in [0.4, 0.5) is 0 Å². The minimum Gasteiger partial charge on any atom is -0.497 e. The van der Waals surface area contributed by atoms with E-state index in [1.165, 1.54) is 0 Å². The fraction of sp³-hybridized carbons (Fsp3) is 0.250. The van der Waals surface area contributed by atoms with Gasteiger partial charge in [0.05, 0.1) is 18.5 Å². The van der Waals surface area contributed by atoms with Gasteiger partial charge in [0, 0.05) is 31.4 Å². The molecule has 1 aromatic heterocycles. The van der Waals surface area contributed by atoms with Gasteiger partial charge in [-0.3, -0.25) is 4.57 Å². The van der Waals surface area contributed by atoms with Crippen LogP contribution < -0.4 is 4.74 Å². The molecule has 0 unspecified atom stereocenters. The number of methoxy groups -OCH3 is 1. The Hall–Kier alpha value is -3.15. The van der Waals surface area contributed by atoms with E-state index in [2.05, 4.69) is 84.9 Å². The lowest BCUT2D eigenvalue weighted by Crippen LogP contribution is -2.22. The summed E-state index contributed by atoms with van der Waals surface area (Å²) in [4.78, 5) is 5.16. The second kappa shape index (κ2) is 10.2. The van der Waals surface area contributed by atoms with Gasteiger partial charge in [-0.05, 0) is 30.3 Å². The number of aromatic nitrogens is 2. The van der Waals surface area contributed by atoms with Gasteiger partial charge >= 0.3 is 0 Å². The molecule has 0 aliphatic heterocycles. The highest BCUT2D eigenvalue weighted by molar-refractivity contribution is 6.76. The van der Waals surface area contributed by atoms with Gasteiger partial charge in [-0.15, -0.1) is 0 Å². The zero-order valence-corrected chi connectivity index (χ0v) is 20.9. The van der Waals surface area contributed by atoms with Crippen molar-refractivity contribution < 1.29 is 9.47 Å². The van der Waals surface area contributed by atoms with Gasteiger partial charge in [-0.2, -0.15) is 0 Å². The number of benzene rings is 3. The maximum Gasteiger partial charge on any atom is 0.143 e. The molecule has 0 spiro atoms. The third-order valence-electron chi connectivity index (χ3n) is 5.63. The fourth-order valence-electron chi connectivity index (χ4n) is 3.76. The number of hydrogen-bond acceptors (Lipinski definition) is 3. The van der Waals surface area contributed by atoms with E-state index in [0.29, 0.717) is 6.73 Å². The molecule has 0 fully saturated rings. The van der Waals surface area contributed by atoms with E-state index in [0.717, 1.165) is 52.3 Å². The van der Waals surface area contributed by atoms with Crippen molar-refractivity contribution in [2.24, 2.45) is 0 Å². The minimum atomic E-state index is -1.17. The van der Waals surface area contributed by atoms with Gasteiger partial charge in [0.25, 0.3) is 0 Å². The molecule has 0 radical (unpaired) electrons. The molecule has 0 aliphatic rings. The Morgan fingerprint density at radius 3 is 1.94 bits per heavy atom. The Kier molecular flexibility index (Phi) is 7.11. The van der Waals surface area contributed by atoms with Crippen molar-refractivity contribution in [3.05, 3.63) is 84.9 Å². The lowest BCUT2D eigenvalue weighted by molar-refractivity contribution is 0.0893. The lowest BCUT2D eigenvalue weighted by Gasteiger charge is -2.17. The van der Waals surface area contributed by atoms with Crippen LogP contribution in [0.25, 0.3) is 33.9 Å². The molecule has 4 aromatic rings. The molecule has 170 valence electrons. The molecule has 1 heterocycles. The predicted octanol–water partition coefficient (Wildman–Crippen LogP) is 7.21. The topological polar surface area (TPSA) is 36.3 Å². The summed E-state index contributed by atoms with van der Waals surface area (Å²) in [6.07, 6.45) is 0. The molecule has 0 aliphatic carbocycles. The summed E-state index contributed by atoms with van der Waals surface area (Å²) in [6, 6.07) is 30.0. The van der Waals surface area contributed by atoms with Gasteiger partial charge in [-0.25, -0.2) is 4.98 Å². The molecule has 4 nitrogen and oxygen atoms in total. The smallest absolute Gasteiger partial charge is 0.143 e. The second-order valence-corrected chi connectivity index (χ2v) is 15.0. The van der Waals surface area contributed by atoms with Crippen LogP contribution in [0.5, 0.6) is 5.75 Å². The highest BCUT2D eigenvalue weighted by atomic mass is 28.3. The zero-order valence-electron chi connectivity index (χ0n) is 19.9. The summed E-state index contributed by atoms with van der Waals surface area (Å²) in [5.74, 6) is 1.72. The first kappa shape index (κ1) is 23.0. The Balaban J connectivity index is 1.84. The van der Waals surface area contributed by atoms with Gasteiger partial charge in [0.15, 0.2) is 0 Å². The van der Waals surface area contributed by atoms with E-state index in [-0.39, 0.29) is 0 Å². The maximum atomic E-state index is 6.25. The number of ether oxygens (including phenoxy) is 2. The quantitative estimate of drug-likeness (QED) is 0.197. The number of nitrogens with zero attached hydrogens (tertiary/aromatic N) is 2. The summed E-state index contributed by atoms with van der Waals surface area (Å²) < 4.78 is 13.8. The third-order valence-corrected chi connectivity index (χ3v) is 7.33. The average Bonchev–Trinajstić information content (AvgIpc) is 3.22. The van der Waals surface area contributed by atoms with Crippen LogP contribution in [-0.2, 0) is 11.5 Å². The minimum absolute atomic E-state index is 0.454. The molecular weight excluding hydrogens is 424 g/mol. The average molecular weight is 457 g/mol. The van der Waals surface area contributed by atoms with Crippen molar-refractivity contribution in [3.63, 3.8) is 0 Å². The molecule has 5 heteroatoms. The fourth-order valence-corrected chi connectivity index (χ4v) is 4.52. The van der Waals surface area contributed by atoms with Crippen LogP contribution >= 0.6 is 0 Å². The zero-order chi connectivity index (χ0) is 23.3. The SMILES string of the molecule is COc1ccc(-c2nc(-c3ccccc3)c(-c3ccccc3)n2COCC[Si](C)(C)C)cc1. The van der Waals surface area contributed by atoms with E-state index in [1.807, 2.05) is 24.3 Å². The van der Waals surface area contributed by atoms with Crippen molar-refractivity contribution in [2.75, 3.05) is 13.7 Å². The van der Waals surface area contributed by atoms with E-state index in [1.54, 1.807) is 7.11 Å². The normalized spacial score (nSPS) is 11.5. The van der Waals surface area contributed by atoms with Crippen LogP contribution in [0, 0.1) is 0 Å². The molecule has 0 bridgehead atoms. The molecule has 0 atom stereocenters. The van der Waals surface area contributed by atoms with Crippen LogP contribution in [0.1, 0.15) is 0 Å². The summed E-state index contributed by atoms with van der Waals surface area (Å²) in [7, 11) is 0.512. The predicted molar refractivity (Wildman–Crippen MR) is 139 cm³/mol. The van der Waals surface area contributed by atoms with Crippen LogP contribution in [0.15, 0.2) is 84.9 Å². The standard InChI is InChI=1S/C28H32N2O2Si/c1-31-25-17-15-24(16-18-25)28-29-26(22-11-7-5-8-12-22)27(23-13-9-6-10-14-23)30(28)21-32-19-20-33(2,3)4/h5-18H,19-21H2,1-4H3. The first-order chi connectivity index (χ1) is 16.0. The molecule has 3 aromatic carbocycles. The molecule has 0 saturated heterocycles. The summed E-state index contributed by atoms with van der Waals surface area (Å²) in [6.45, 7) is 8.33. The van der Waals surface area contributed by atoms with Crippen LogP contribution in [0.2, 0.25) is 25.7 Å². The van der Waals surface area contributed by atoms with Crippen LogP contribution in [0.3, 0.4) is 0 Å². The van der Waals surface area contributed by atoms with Gasteiger partial charge in [0.1, 0.15) is 18.3 Å². The lowest BCUT2D eigenvalue weighted by atomic mass is 10.0. The van der Waals surface area contributed by atoms with Gasteiger partial charge in [-0.1, -0.05) is 80.3 Å². The Labute approximate surface area is 197 Å². The molecule has 4 rings (SSSR count). The molecule has 0 amide bonds. The molecular formula is C28H32N2O2Si. The Morgan fingerprint density at radius 2 is 1.36 bits per heavy atom. The Morgan fingerprint density at radius 1 is 0.758 bits per heavy atom. The largest absolute Gasteiger partial charge is 0.497 e. The second-order valence-electron chi connectivity index (χ2n) is 9.37. The number of hydrogen-bond donors (Lipinski definition) is 0. The highest BCUT2D eigenvalue weighted by Crippen LogP contribution is 2.36.